The summed E-state index contributed by atoms with van der Waals surface area (Å²) in [6, 6.07) is 3.59. The number of nitrogens with zero attached hydrogens (tertiary/aromatic N) is 2. The van der Waals surface area contributed by atoms with Crippen molar-refractivity contribution in [3.8, 4) is 0 Å². The minimum absolute atomic E-state index is 0. The van der Waals surface area contributed by atoms with Gasteiger partial charge < -0.3 is 20.2 Å². The van der Waals surface area contributed by atoms with Crippen molar-refractivity contribution < 1.29 is 9.52 Å². The summed E-state index contributed by atoms with van der Waals surface area (Å²) in [6.07, 6.45) is 11.4. The third kappa shape index (κ3) is 6.35. The lowest BCUT2D eigenvalue weighted by Gasteiger charge is -2.47. The molecule has 2 fully saturated rings. The van der Waals surface area contributed by atoms with Crippen molar-refractivity contribution in [2.45, 2.75) is 69.9 Å². The van der Waals surface area contributed by atoms with Crippen LogP contribution in [-0.4, -0.2) is 54.2 Å². The van der Waals surface area contributed by atoms with Gasteiger partial charge in [-0.25, -0.2) is 0 Å². The molecule has 2 heterocycles. The molecule has 160 valence electrons. The number of hydrogen-bond acceptors (Lipinski definition) is 4. The third-order valence-corrected chi connectivity index (χ3v) is 6.02. The van der Waals surface area contributed by atoms with Gasteiger partial charge >= 0.3 is 0 Å². The minimum Gasteiger partial charge on any atom is -0.467 e. The van der Waals surface area contributed by atoms with Crippen LogP contribution in [0.1, 0.15) is 70.2 Å². The average Bonchev–Trinajstić information content (AvgIpc) is 3.26. The fourth-order valence-corrected chi connectivity index (χ4v) is 4.50. The summed E-state index contributed by atoms with van der Waals surface area (Å²) in [4.78, 5) is 7.67. The summed E-state index contributed by atoms with van der Waals surface area (Å²) in [5.41, 5.74) is 0.223. The van der Waals surface area contributed by atoms with E-state index < -0.39 is 6.10 Å². The van der Waals surface area contributed by atoms with Gasteiger partial charge in [-0.15, -0.1) is 24.0 Å². The number of nitrogens with one attached hydrogen (secondary N) is 2. The molecule has 0 bridgehead atoms. The number of likely N-dealkylation sites (tertiary alicyclic amines) is 1. The second-order valence-electron chi connectivity index (χ2n) is 7.94. The predicted molar refractivity (Wildman–Crippen MR) is 124 cm³/mol. The number of piperidine rings is 1. The first-order chi connectivity index (χ1) is 13.2. The molecule has 1 aliphatic carbocycles. The first-order valence-electron chi connectivity index (χ1n) is 10.7. The Morgan fingerprint density at radius 1 is 1.18 bits per heavy atom. The van der Waals surface area contributed by atoms with Crippen molar-refractivity contribution in [1.82, 2.24) is 15.5 Å². The van der Waals surface area contributed by atoms with Gasteiger partial charge in [-0.1, -0.05) is 25.7 Å². The first-order valence-corrected chi connectivity index (χ1v) is 10.7. The molecule has 28 heavy (non-hydrogen) atoms. The summed E-state index contributed by atoms with van der Waals surface area (Å²) >= 11 is 0. The SMILES string of the molecule is CCNC(=NCC1(N2CCCCC2)CCCCC1)NCC(O)c1ccco1.I. The number of halogens is 1. The van der Waals surface area contributed by atoms with Gasteiger partial charge in [0.15, 0.2) is 5.96 Å². The number of furan rings is 1. The quantitative estimate of drug-likeness (QED) is 0.300. The van der Waals surface area contributed by atoms with Crippen molar-refractivity contribution in [3.63, 3.8) is 0 Å². The van der Waals surface area contributed by atoms with Gasteiger partial charge in [0, 0.05) is 12.1 Å². The van der Waals surface area contributed by atoms with Gasteiger partial charge in [0.2, 0.25) is 0 Å². The second-order valence-corrected chi connectivity index (χ2v) is 7.94. The van der Waals surface area contributed by atoms with Crippen molar-refractivity contribution in [2.75, 3.05) is 32.7 Å². The highest BCUT2D eigenvalue weighted by molar-refractivity contribution is 14.0. The molecule has 0 spiro atoms. The Morgan fingerprint density at radius 2 is 1.89 bits per heavy atom. The lowest BCUT2D eigenvalue weighted by Crippen LogP contribution is -2.54. The van der Waals surface area contributed by atoms with Crippen LogP contribution in [0.15, 0.2) is 27.8 Å². The van der Waals surface area contributed by atoms with Crippen LogP contribution in [0.4, 0.5) is 0 Å². The lowest BCUT2D eigenvalue weighted by atomic mass is 9.79. The smallest absolute Gasteiger partial charge is 0.191 e. The normalized spacial score (nSPS) is 21.6. The zero-order valence-electron chi connectivity index (χ0n) is 17.2. The van der Waals surface area contributed by atoms with E-state index in [1.807, 2.05) is 0 Å². The Morgan fingerprint density at radius 3 is 2.54 bits per heavy atom. The number of aliphatic imine (C=N–C) groups is 1. The second kappa shape index (κ2) is 12.0. The highest BCUT2D eigenvalue weighted by atomic mass is 127. The topological polar surface area (TPSA) is 73.0 Å². The van der Waals surface area contributed by atoms with Crippen LogP contribution in [-0.2, 0) is 0 Å². The van der Waals surface area contributed by atoms with Crippen LogP contribution >= 0.6 is 24.0 Å². The zero-order chi connectivity index (χ0) is 19.0. The lowest BCUT2D eigenvalue weighted by molar-refractivity contribution is 0.0407. The molecule has 1 aliphatic heterocycles. The van der Waals surface area contributed by atoms with Gasteiger partial charge in [-0.2, -0.15) is 0 Å². The number of rotatable bonds is 7. The summed E-state index contributed by atoms with van der Waals surface area (Å²) in [5, 5.41) is 16.9. The largest absolute Gasteiger partial charge is 0.467 e. The van der Waals surface area contributed by atoms with Crippen LogP contribution in [0.3, 0.4) is 0 Å². The molecule has 1 unspecified atom stereocenters. The molecule has 1 aromatic heterocycles. The van der Waals surface area contributed by atoms with E-state index in [1.165, 1.54) is 64.5 Å². The highest BCUT2D eigenvalue weighted by Gasteiger charge is 2.38. The van der Waals surface area contributed by atoms with Crippen LogP contribution < -0.4 is 10.6 Å². The van der Waals surface area contributed by atoms with E-state index >= 15 is 0 Å². The van der Waals surface area contributed by atoms with Crippen LogP contribution in [0, 0.1) is 0 Å². The summed E-state index contributed by atoms with van der Waals surface area (Å²) < 4.78 is 5.28. The van der Waals surface area contributed by atoms with E-state index in [9.17, 15) is 5.11 Å². The molecule has 0 aromatic carbocycles. The zero-order valence-corrected chi connectivity index (χ0v) is 19.5. The van der Waals surface area contributed by atoms with Crippen LogP contribution in [0.25, 0.3) is 0 Å². The van der Waals surface area contributed by atoms with E-state index in [0.29, 0.717) is 12.3 Å². The number of aliphatic hydroxyl groups excluding tert-OH is 1. The third-order valence-electron chi connectivity index (χ3n) is 6.02. The molecule has 3 rings (SSSR count). The first kappa shape index (κ1) is 23.5. The number of hydrogen-bond donors (Lipinski definition) is 3. The van der Waals surface area contributed by atoms with Gasteiger partial charge in [0.25, 0.3) is 0 Å². The van der Waals surface area contributed by atoms with E-state index in [0.717, 1.165) is 19.0 Å². The molecule has 3 N–H and O–H groups in total. The molecule has 7 heteroatoms. The minimum atomic E-state index is -0.672. The molecule has 1 atom stereocenters. The fourth-order valence-electron chi connectivity index (χ4n) is 4.50. The molecule has 1 saturated heterocycles. The maximum atomic E-state index is 10.3. The molecule has 0 amide bonds. The molecule has 0 radical (unpaired) electrons. The molecular weight excluding hydrogens is 467 g/mol. The van der Waals surface area contributed by atoms with E-state index in [1.54, 1.807) is 18.4 Å². The van der Waals surface area contributed by atoms with Crippen molar-refractivity contribution in [3.05, 3.63) is 24.2 Å². The summed E-state index contributed by atoms with van der Waals surface area (Å²) in [6.45, 7) is 6.53. The number of aliphatic hydroxyl groups is 1. The Labute approximate surface area is 186 Å². The molecular formula is C21H37IN4O2. The van der Waals surface area contributed by atoms with Crippen LogP contribution in [0.5, 0.6) is 0 Å². The predicted octanol–water partition coefficient (Wildman–Crippen LogP) is 3.67. The molecule has 6 nitrogen and oxygen atoms in total. The maximum absolute atomic E-state index is 10.3. The standard InChI is InChI=1S/C21H36N4O2.HI/c1-2-22-20(23-16-18(26)19-10-9-15-27-19)24-17-21(11-5-3-6-12-21)25-13-7-4-8-14-25;/h9-10,15,18,26H,2-8,11-14,16-17H2,1H3,(H2,22,23,24);1H. The fraction of sp³-hybridized carbons (Fsp3) is 0.762. The van der Waals surface area contributed by atoms with E-state index in [4.69, 9.17) is 9.41 Å². The molecule has 1 saturated carbocycles. The van der Waals surface area contributed by atoms with Gasteiger partial charge in [-0.05, 0) is 57.8 Å². The Kier molecular flexibility index (Phi) is 10.1. The average molecular weight is 504 g/mol. The van der Waals surface area contributed by atoms with Gasteiger partial charge in [-0.3, -0.25) is 9.89 Å². The summed E-state index contributed by atoms with van der Waals surface area (Å²) in [5.74, 6) is 1.36. The van der Waals surface area contributed by atoms with E-state index in [-0.39, 0.29) is 29.5 Å². The van der Waals surface area contributed by atoms with Crippen molar-refractivity contribution >= 4 is 29.9 Å². The monoisotopic (exact) mass is 504 g/mol. The summed E-state index contributed by atoms with van der Waals surface area (Å²) in [7, 11) is 0. The molecule has 1 aromatic rings. The van der Waals surface area contributed by atoms with Crippen molar-refractivity contribution in [1.29, 1.82) is 0 Å². The maximum Gasteiger partial charge on any atom is 0.191 e. The Hall–Kier alpha value is -0.800. The van der Waals surface area contributed by atoms with Crippen LogP contribution in [0.2, 0.25) is 0 Å². The Balaban J connectivity index is 0.00000280. The van der Waals surface area contributed by atoms with Gasteiger partial charge in [0.05, 0.1) is 19.4 Å². The van der Waals surface area contributed by atoms with E-state index in [2.05, 4.69) is 22.5 Å². The highest BCUT2D eigenvalue weighted by Crippen LogP contribution is 2.35. The number of guanidine groups is 1. The molecule has 2 aliphatic rings. The van der Waals surface area contributed by atoms with Gasteiger partial charge in [0.1, 0.15) is 11.9 Å². The van der Waals surface area contributed by atoms with Crippen molar-refractivity contribution in [2.24, 2.45) is 4.99 Å². The Bertz CT molecular complexity index is 567.